The molecule has 2 N–H and O–H groups in total. The lowest BCUT2D eigenvalue weighted by molar-refractivity contribution is 0.253. The van der Waals surface area contributed by atoms with E-state index in [1.807, 2.05) is 7.05 Å². The van der Waals surface area contributed by atoms with Crippen LogP contribution in [0.15, 0.2) is 29.3 Å². The van der Waals surface area contributed by atoms with E-state index in [2.05, 4.69) is 75.4 Å². The second-order valence-electron chi connectivity index (χ2n) is 8.30. The summed E-state index contributed by atoms with van der Waals surface area (Å²) in [6.07, 6.45) is 3.31. The summed E-state index contributed by atoms with van der Waals surface area (Å²) in [6, 6.07) is 8.85. The molecular weight excluding hydrogens is 531 g/mol. The van der Waals surface area contributed by atoms with E-state index in [4.69, 9.17) is 0 Å². The molecule has 0 aliphatic carbocycles. The number of thiazole rings is 1. The molecule has 3 rings (SSSR count). The number of piperazine rings is 1. The molecule has 0 unspecified atom stereocenters. The van der Waals surface area contributed by atoms with Crippen molar-refractivity contribution in [3.8, 4) is 0 Å². The zero-order chi connectivity index (χ0) is 22.1. The first-order valence-corrected chi connectivity index (χ1v) is 12.3. The van der Waals surface area contributed by atoms with Gasteiger partial charge >= 0.3 is 0 Å². The number of aryl methyl sites for hydroxylation is 3. The summed E-state index contributed by atoms with van der Waals surface area (Å²) in [5.41, 5.74) is 3.85. The molecule has 2 heterocycles. The Morgan fingerprint density at radius 1 is 1.06 bits per heavy atom. The maximum absolute atomic E-state index is 4.60. The van der Waals surface area contributed by atoms with Gasteiger partial charge in [0.05, 0.1) is 10.7 Å². The van der Waals surface area contributed by atoms with Gasteiger partial charge in [-0.25, -0.2) is 4.98 Å². The first-order valence-electron chi connectivity index (χ1n) is 11.5. The van der Waals surface area contributed by atoms with E-state index in [1.165, 1.54) is 34.1 Å². The number of nitrogens with one attached hydrogen (secondary N) is 2. The minimum Gasteiger partial charge on any atom is -0.369 e. The van der Waals surface area contributed by atoms with Crippen LogP contribution in [0.4, 0.5) is 5.69 Å². The first kappa shape index (κ1) is 26.9. The first-order chi connectivity index (χ1) is 15.0. The fraction of sp³-hybridized carbons (Fsp3) is 0.583. The number of halogens is 1. The van der Waals surface area contributed by atoms with E-state index in [9.17, 15) is 0 Å². The van der Waals surface area contributed by atoms with Gasteiger partial charge < -0.3 is 15.5 Å². The molecule has 1 saturated heterocycles. The van der Waals surface area contributed by atoms with Crippen LogP contribution in [0.2, 0.25) is 0 Å². The molecule has 0 spiro atoms. The maximum Gasteiger partial charge on any atom is 0.190 e. The highest BCUT2D eigenvalue weighted by Gasteiger charge is 2.16. The summed E-state index contributed by atoms with van der Waals surface area (Å²) in [4.78, 5) is 15.4. The molecular formula is C24H39IN6S. The van der Waals surface area contributed by atoms with Crippen LogP contribution in [0, 0.1) is 20.8 Å². The third-order valence-corrected chi connectivity index (χ3v) is 6.99. The quantitative estimate of drug-likeness (QED) is 0.207. The molecule has 0 atom stereocenters. The lowest BCUT2D eigenvalue weighted by Crippen LogP contribution is -2.46. The smallest absolute Gasteiger partial charge is 0.190 e. The van der Waals surface area contributed by atoms with Crippen molar-refractivity contribution in [3.63, 3.8) is 0 Å². The zero-order valence-electron chi connectivity index (χ0n) is 20.0. The molecule has 1 fully saturated rings. The van der Waals surface area contributed by atoms with Crippen molar-refractivity contribution in [1.82, 2.24) is 20.5 Å². The molecule has 1 aromatic heterocycles. The summed E-state index contributed by atoms with van der Waals surface area (Å²) in [7, 11) is 1.83. The molecule has 6 nitrogen and oxygen atoms in total. The van der Waals surface area contributed by atoms with E-state index in [1.54, 1.807) is 11.3 Å². The van der Waals surface area contributed by atoms with Crippen molar-refractivity contribution >= 4 is 47.0 Å². The van der Waals surface area contributed by atoms with Crippen molar-refractivity contribution in [2.24, 2.45) is 4.99 Å². The van der Waals surface area contributed by atoms with Gasteiger partial charge in [-0.1, -0.05) is 12.1 Å². The Kier molecular flexibility index (Phi) is 11.7. The van der Waals surface area contributed by atoms with Crippen molar-refractivity contribution in [3.05, 3.63) is 45.4 Å². The van der Waals surface area contributed by atoms with Crippen LogP contribution in [-0.2, 0) is 6.42 Å². The second kappa shape index (κ2) is 14.0. The van der Waals surface area contributed by atoms with Crippen LogP contribution < -0.4 is 15.5 Å². The highest BCUT2D eigenvalue weighted by atomic mass is 127. The van der Waals surface area contributed by atoms with Gasteiger partial charge in [0.15, 0.2) is 5.96 Å². The van der Waals surface area contributed by atoms with Gasteiger partial charge in [-0.3, -0.25) is 9.89 Å². The molecule has 0 bridgehead atoms. The van der Waals surface area contributed by atoms with Gasteiger partial charge in [0.2, 0.25) is 0 Å². The van der Waals surface area contributed by atoms with Crippen LogP contribution in [0.25, 0.3) is 0 Å². The predicted molar refractivity (Wildman–Crippen MR) is 149 cm³/mol. The lowest BCUT2D eigenvalue weighted by Gasteiger charge is -2.36. The van der Waals surface area contributed by atoms with Crippen LogP contribution >= 0.6 is 35.3 Å². The molecule has 0 saturated carbocycles. The predicted octanol–water partition coefficient (Wildman–Crippen LogP) is 4.00. The highest BCUT2D eigenvalue weighted by Crippen LogP contribution is 2.18. The van der Waals surface area contributed by atoms with Gasteiger partial charge in [-0.15, -0.1) is 35.3 Å². The van der Waals surface area contributed by atoms with Gasteiger partial charge in [0, 0.05) is 63.3 Å². The summed E-state index contributed by atoms with van der Waals surface area (Å²) in [6.45, 7) is 13.9. The Bertz CT molecular complexity index is 825. The largest absolute Gasteiger partial charge is 0.369 e. The Balaban J connectivity index is 0.00000363. The number of aromatic nitrogens is 1. The van der Waals surface area contributed by atoms with Crippen molar-refractivity contribution in [2.75, 3.05) is 57.8 Å². The monoisotopic (exact) mass is 570 g/mol. The fourth-order valence-corrected chi connectivity index (χ4v) is 4.81. The topological polar surface area (TPSA) is 55.8 Å². The Labute approximate surface area is 214 Å². The minimum absolute atomic E-state index is 0. The number of rotatable bonds is 9. The van der Waals surface area contributed by atoms with E-state index >= 15 is 0 Å². The van der Waals surface area contributed by atoms with E-state index in [-0.39, 0.29) is 24.0 Å². The van der Waals surface area contributed by atoms with E-state index < -0.39 is 0 Å². The number of aliphatic imine (C=N–C) groups is 1. The molecule has 1 aliphatic rings. The Morgan fingerprint density at radius 2 is 1.81 bits per heavy atom. The minimum atomic E-state index is 0. The molecule has 0 radical (unpaired) electrons. The number of nitrogens with zero attached hydrogens (tertiary/aromatic N) is 4. The summed E-state index contributed by atoms with van der Waals surface area (Å²) in [5, 5.41) is 8.03. The number of guanidine groups is 1. The van der Waals surface area contributed by atoms with E-state index in [0.29, 0.717) is 0 Å². The molecule has 8 heteroatoms. The van der Waals surface area contributed by atoms with Gasteiger partial charge in [-0.05, 0) is 57.9 Å². The Hall–Kier alpha value is -1.39. The molecule has 2 aromatic rings. The van der Waals surface area contributed by atoms with Crippen molar-refractivity contribution in [1.29, 1.82) is 0 Å². The van der Waals surface area contributed by atoms with Crippen molar-refractivity contribution in [2.45, 2.75) is 40.0 Å². The molecule has 32 heavy (non-hydrogen) atoms. The van der Waals surface area contributed by atoms with Gasteiger partial charge in [-0.2, -0.15) is 0 Å². The lowest BCUT2D eigenvalue weighted by atomic mass is 10.2. The van der Waals surface area contributed by atoms with Gasteiger partial charge in [0.25, 0.3) is 0 Å². The maximum atomic E-state index is 4.60. The number of hydrogen-bond donors (Lipinski definition) is 2. The standard InChI is InChI=1S/C24H38N6S.HI/c1-19-8-7-9-22(18-19)30-16-14-29(15-17-30)13-6-5-11-26-24(25-4)27-12-10-23-28-20(2)21(3)31-23;/h7-9,18H,5-6,10-17H2,1-4H3,(H2,25,26,27);1H. The van der Waals surface area contributed by atoms with Crippen molar-refractivity contribution < 1.29 is 0 Å². The average Bonchev–Trinajstić information content (AvgIpc) is 3.09. The number of hydrogen-bond acceptors (Lipinski definition) is 5. The molecule has 0 amide bonds. The SMILES string of the molecule is CN=C(NCCCCN1CCN(c2cccc(C)c2)CC1)NCCc1nc(C)c(C)s1.I. The third kappa shape index (κ3) is 8.51. The zero-order valence-corrected chi connectivity index (χ0v) is 23.1. The summed E-state index contributed by atoms with van der Waals surface area (Å²) >= 11 is 1.79. The molecule has 1 aromatic carbocycles. The summed E-state index contributed by atoms with van der Waals surface area (Å²) in [5.74, 6) is 0.886. The second-order valence-corrected chi connectivity index (χ2v) is 9.59. The summed E-state index contributed by atoms with van der Waals surface area (Å²) < 4.78 is 0. The third-order valence-electron chi connectivity index (χ3n) is 5.86. The van der Waals surface area contributed by atoms with Gasteiger partial charge in [0.1, 0.15) is 0 Å². The van der Waals surface area contributed by atoms with Crippen LogP contribution in [0.1, 0.15) is 34.0 Å². The molecule has 1 aliphatic heterocycles. The average molecular weight is 571 g/mol. The highest BCUT2D eigenvalue weighted by molar-refractivity contribution is 14.0. The normalized spacial score (nSPS) is 14.9. The number of unbranched alkanes of at least 4 members (excludes halogenated alkanes) is 1. The number of anilines is 1. The van der Waals surface area contributed by atoms with E-state index in [0.717, 1.165) is 63.8 Å². The fourth-order valence-electron chi connectivity index (χ4n) is 3.88. The Morgan fingerprint density at radius 3 is 2.47 bits per heavy atom. The number of benzene rings is 1. The van der Waals surface area contributed by atoms with Crippen LogP contribution in [0.3, 0.4) is 0 Å². The van der Waals surface area contributed by atoms with Crippen LogP contribution in [-0.4, -0.2) is 68.7 Å². The van der Waals surface area contributed by atoms with Crippen LogP contribution in [0.5, 0.6) is 0 Å². The molecule has 178 valence electrons.